The van der Waals surface area contributed by atoms with Gasteiger partial charge < -0.3 is 10.2 Å². The third-order valence-electron chi connectivity index (χ3n) is 4.93. The molecule has 1 aliphatic rings. The van der Waals surface area contributed by atoms with Gasteiger partial charge in [0.1, 0.15) is 6.04 Å². The standard InChI is InChI=1S/C21H25N3O4S/c1-3-22-20(25)18-8-6-14-24(18)21(26)16-10-12-17(13-11-16)23-29(27,28)19-9-5-4-7-15(19)2/h4-5,7,9-13,18,23H,3,6,8,14H2,1-2H3,(H,22,25). The smallest absolute Gasteiger partial charge is 0.262 e. The molecule has 1 aliphatic heterocycles. The largest absolute Gasteiger partial charge is 0.355 e. The first kappa shape index (κ1) is 20.9. The quantitative estimate of drug-likeness (QED) is 0.758. The summed E-state index contributed by atoms with van der Waals surface area (Å²) in [7, 11) is -3.72. The first-order valence-electron chi connectivity index (χ1n) is 9.60. The van der Waals surface area contributed by atoms with E-state index in [0.717, 1.165) is 6.42 Å². The van der Waals surface area contributed by atoms with E-state index in [4.69, 9.17) is 0 Å². The monoisotopic (exact) mass is 415 g/mol. The summed E-state index contributed by atoms with van der Waals surface area (Å²) >= 11 is 0. The first-order chi connectivity index (χ1) is 13.8. The maximum absolute atomic E-state index is 12.8. The fourth-order valence-electron chi connectivity index (χ4n) is 3.49. The fourth-order valence-corrected chi connectivity index (χ4v) is 4.80. The minimum atomic E-state index is -3.72. The highest BCUT2D eigenvalue weighted by Gasteiger charge is 2.34. The van der Waals surface area contributed by atoms with Gasteiger partial charge in [-0.25, -0.2) is 8.42 Å². The molecule has 154 valence electrons. The second-order valence-electron chi connectivity index (χ2n) is 7.00. The Morgan fingerprint density at radius 1 is 1.10 bits per heavy atom. The predicted octanol–water partition coefficient (Wildman–Crippen LogP) is 2.54. The lowest BCUT2D eigenvalue weighted by Gasteiger charge is -2.24. The number of carbonyl (C=O) groups is 2. The molecule has 1 fully saturated rings. The van der Waals surface area contributed by atoms with Crippen LogP contribution in [-0.4, -0.2) is 44.3 Å². The van der Waals surface area contributed by atoms with Gasteiger partial charge in [-0.3, -0.25) is 14.3 Å². The Balaban J connectivity index is 1.74. The summed E-state index contributed by atoms with van der Waals surface area (Å²) in [5.74, 6) is -0.368. The van der Waals surface area contributed by atoms with Gasteiger partial charge in [0, 0.05) is 24.3 Å². The summed E-state index contributed by atoms with van der Waals surface area (Å²) in [4.78, 5) is 26.8. The zero-order valence-corrected chi connectivity index (χ0v) is 17.3. The Hall–Kier alpha value is -2.87. The Morgan fingerprint density at radius 2 is 1.79 bits per heavy atom. The maximum atomic E-state index is 12.8. The normalized spacial score (nSPS) is 16.5. The van der Waals surface area contributed by atoms with E-state index < -0.39 is 16.1 Å². The molecule has 0 radical (unpaired) electrons. The molecule has 1 saturated heterocycles. The van der Waals surface area contributed by atoms with Gasteiger partial charge in [-0.2, -0.15) is 0 Å². The summed E-state index contributed by atoms with van der Waals surface area (Å²) < 4.78 is 27.7. The van der Waals surface area contributed by atoms with Crippen LogP contribution in [0.25, 0.3) is 0 Å². The highest BCUT2D eigenvalue weighted by molar-refractivity contribution is 7.92. The fraction of sp³-hybridized carbons (Fsp3) is 0.333. The Labute approximate surface area is 171 Å². The number of hydrogen-bond donors (Lipinski definition) is 2. The van der Waals surface area contributed by atoms with Gasteiger partial charge in [-0.1, -0.05) is 18.2 Å². The van der Waals surface area contributed by atoms with Crippen LogP contribution >= 0.6 is 0 Å². The van der Waals surface area contributed by atoms with Crippen molar-refractivity contribution in [1.82, 2.24) is 10.2 Å². The number of hydrogen-bond acceptors (Lipinski definition) is 4. The van der Waals surface area contributed by atoms with Crippen LogP contribution in [0, 0.1) is 6.92 Å². The summed E-state index contributed by atoms with van der Waals surface area (Å²) in [5, 5.41) is 2.77. The van der Waals surface area contributed by atoms with Crippen LogP contribution in [0.5, 0.6) is 0 Å². The highest BCUT2D eigenvalue weighted by atomic mass is 32.2. The van der Waals surface area contributed by atoms with E-state index >= 15 is 0 Å². The van der Waals surface area contributed by atoms with Crippen LogP contribution in [0.1, 0.15) is 35.7 Å². The molecular weight excluding hydrogens is 390 g/mol. The van der Waals surface area contributed by atoms with Crippen LogP contribution in [0.2, 0.25) is 0 Å². The van der Waals surface area contributed by atoms with Gasteiger partial charge in [-0.05, 0) is 62.6 Å². The second-order valence-corrected chi connectivity index (χ2v) is 8.65. The molecule has 8 heteroatoms. The van der Waals surface area contributed by atoms with Crippen molar-refractivity contribution >= 4 is 27.5 Å². The molecule has 3 rings (SSSR count). The second kappa shape index (κ2) is 8.65. The van der Waals surface area contributed by atoms with Gasteiger partial charge >= 0.3 is 0 Å². The molecular formula is C21H25N3O4S. The van der Waals surface area contributed by atoms with Gasteiger partial charge in [0.2, 0.25) is 5.91 Å². The topological polar surface area (TPSA) is 95.6 Å². The molecule has 2 N–H and O–H groups in total. The number of carbonyl (C=O) groups excluding carboxylic acids is 2. The number of likely N-dealkylation sites (N-methyl/N-ethyl adjacent to an activating group) is 1. The van der Waals surface area contributed by atoms with Gasteiger partial charge in [0.05, 0.1) is 4.90 Å². The maximum Gasteiger partial charge on any atom is 0.262 e. The molecule has 0 bridgehead atoms. The summed E-state index contributed by atoms with van der Waals surface area (Å²) in [6.45, 7) is 4.63. The number of aryl methyl sites for hydroxylation is 1. The van der Waals surface area contributed by atoms with E-state index in [1.807, 2.05) is 6.92 Å². The lowest BCUT2D eigenvalue weighted by molar-refractivity contribution is -0.124. The minimum Gasteiger partial charge on any atom is -0.355 e. The third kappa shape index (κ3) is 4.59. The van der Waals surface area contributed by atoms with Crippen molar-refractivity contribution in [3.63, 3.8) is 0 Å². The van der Waals surface area contributed by atoms with Gasteiger partial charge in [-0.15, -0.1) is 0 Å². The molecule has 29 heavy (non-hydrogen) atoms. The van der Waals surface area contributed by atoms with E-state index in [1.165, 1.54) is 0 Å². The van der Waals surface area contributed by atoms with Crippen molar-refractivity contribution < 1.29 is 18.0 Å². The Morgan fingerprint density at radius 3 is 2.45 bits per heavy atom. The van der Waals surface area contributed by atoms with Crippen molar-refractivity contribution in [2.75, 3.05) is 17.8 Å². The molecule has 2 aromatic rings. The van der Waals surface area contributed by atoms with Crippen LogP contribution < -0.4 is 10.0 Å². The van der Waals surface area contributed by atoms with Crippen molar-refractivity contribution in [3.8, 4) is 0 Å². The number of nitrogens with zero attached hydrogens (tertiary/aromatic N) is 1. The number of amides is 2. The number of benzene rings is 2. The number of nitrogens with one attached hydrogen (secondary N) is 2. The van der Waals surface area contributed by atoms with Crippen LogP contribution in [0.4, 0.5) is 5.69 Å². The van der Waals surface area contributed by atoms with Gasteiger partial charge in [0.25, 0.3) is 15.9 Å². The van der Waals surface area contributed by atoms with E-state index in [-0.39, 0.29) is 16.7 Å². The van der Waals surface area contributed by atoms with Gasteiger partial charge in [0.15, 0.2) is 0 Å². The third-order valence-corrected chi connectivity index (χ3v) is 6.48. The number of rotatable bonds is 6. The average molecular weight is 416 g/mol. The van der Waals surface area contributed by atoms with Crippen molar-refractivity contribution in [2.45, 2.75) is 37.6 Å². The molecule has 0 aromatic heterocycles. The Bertz CT molecular complexity index is 1000. The lowest BCUT2D eigenvalue weighted by atomic mass is 10.1. The predicted molar refractivity (Wildman–Crippen MR) is 111 cm³/mol. The van der Waals surface area contributed by atoms with Crippen molar-refractivity contribution in [1.29, 1.82) is 0 Å². The first-order valence-corrected chi connectivity index (χ1v) is 11.1. The number of likely N-dealkylation sites (tertiary alicyclic amines) is 1. The Kier molecular flexibility index (Phi) is 6.22. The molecule has 1 atom stereocenters. The zero-order valence-electron chi connectivity index (χ0n) is 16.5. The minimum absolute atomic E-state index is 0.138. The molecule has 0 aliphatic carbocycles. The van der Waals surface area contributed by atoms with Crippen LogP contribution in [-0.2, 0) is 14.8 Å². The molecule has 1 heterocycles. The van der Waals surface area contributed by atoms with E-state index in [9.17, 15) is 18.0 Å². The number of anilines is 1. The molecule has 7 nitrogen and oxygen atoms in total. The van der Waals surface area contributed by atoms with E-state index in [1.54, 1.807) is 60.4 Å². The SMILES string of the molecule is CCNC(=O)C1CCCN1C(=O)c1ccc(NS(=O)(=O)c2ccccc2C)cc1. The molecule has 0 spiro atoms. The van der Waals surface area contributed by atoms with Crippen molar-refractivity contribution in [3.05, 3.63) is 59.7 Å². The molecule has 2 amide bonds. The summed E-state index contributed by atoms with van der Waals surface area (Å²) in [5.41, 5.74) is 1.43. The number of sulfonamides is 1. The van der Waals surface area contributed by atoms with E-state index in [0.29, 0.717) is 36.3 Å². The summed E-state index contributed by atoms with van der Waals surface area (Å²) in [6, 6.07) is 12.5. The molecule has 0 saturated carbocycles. The van der Waals surface area contributed by atoms with Crippen molar-refractivity contribution in [2.24, 2.45) is 0 Å². The lowest BCUT2D eigenvalue weighted by Crippen LogP contribution is -2.45. The van der Waals surface area contributed by atoms with Crippen LogP contribution in [0.15, 0.2) is 53.4 Å². The van der Waals surface area contributed by atoms with E-state index in [2.05, 4.69) is 10.0 Å². The average Bonchev–Trinajstić information content (AvgIpc) is 3.18. The molecule has 2 aromatic carbocycles. The summed E-state index contributed by atoms with van der Waals surface area (Å²) in [6.07, 6.45) is 1.42. The zero-order chi connectivity index (χ0) is 21.0. The van der Waals surface area contributed by atoms with Crippen LogP contribution in [0.3, 0.4) is 0 Å². The highest BCUT2D eigenvalue weighted by Crippen LogP contribution is 2.23. The molecule has 1 unspecified atom stereocenters.